The van der Waals surface area contributed by atoms with Gasteiger partial charge in [0, 0.05) is 27.1 Å². The van der Waals surface area contributed by atoms with Crippen LogP contribution in [0.5, 0.6) is 0 Å². The van der Waals surface area contributed by atoms with Gasteiger partial charge in [-0.3, -0.25) is 4.98 Å². The number of aromatic nitrogens is 2. The van der Waals surface area contributed by atoms with E-state index in [1.807, 2.05) is 44.3 Å². The molecule has 2 heterocycles. The number of aryl methyl sites for hydroxylation is 1. The van der Waals surface area contributed by atoms with Gasteiger partial charge in [-0.15, -0.1) is 0 Å². The Labute approximate surface area is 132 Å². The molecule has 0 aliphatic rings. The number of fused-ring (bicyclic) bond motifs is 1. The zero-order valence-electron chi connectivity index (χ0n) is 11.7. The van der Waals surface area contributed by atoms with E-state index in [9.17, 15) is 0 Å². The van der Waals surface area contributed by atoms with Gasteiger partial charge in [-0.1, -0.05) is 25.4 Å². The van der Waals surface area contributed by atoms with Crippen molar-refractivity contribution < 1.29 is 0 Å². The van der Waals surface area contributed by atoms with E-state index in [4.69, 9.17) is 11.6 Å². The monoisotopic (exact) mass is 350 g/mol. The second-order valence-electron chi connectivity index (χ2n) is 4.16. The van der Waals surface area contributed by atoms with Crippen LogP contribution < -0.4 is 0 Å². The van der Waals surface area contributed by atoms with E-state index in [0.29, 0.717) is 0 Å². The van der Waals surface area contributed by atoms with Crippen molar-refractivity contribution in [3.05, 3.63) is 57.8 Å². The standard InChI is InChI=1S/C14H10BrClN2.C2H6/c1-9-6-13-14(7-10(15)8-17-13)18(9)12-4-2-11(16)3-5-12;1-2/h2-8H,1H3;1-2H3. The van der Waals surface area contributed by atoms with E-state index >= 15 is 0 Å². The summed E-state index contributed by atoms with van der Waals surface area (Å²) < 4.78 is 3.15. The van der Waals surface area contributed by atoms with Gasteiger partial charge in [-0.2, -0.15) is 0 Å². The predicted octanol–water partition coefficient (Wildman–Crippen LogP) is 5.78. The van der Waals surface area contributed by atoms with Gasteiger partial charge < -0.3 is 4.57 Å². The van der Waals surface area contributed by atoms with Crippen LogP contribution in [0.2, 0.25) is 5.02 Å². The summed E-state index contributed by atoms with van der Waals surface area (Å²) in [5, 5.41) is 0.743. The van der Waals surface area contributed by atoms with E-state index in [-0.39, 0.29) is 0 Å². The van der Waals surface area contributed by atoms with E-state index in [0.717, 1.165) is 31.9 Å². The van der Waals surface area contributed by atoms with Gasteiger partial charge in [0.25, 0.3) is 0 Å². The molecule has 0 amide bonds. The number of hydrogen-bond donors (Lipinski definition) is 0. The minimum Gasteiger partial charge on any atom is -0.312 e. The normalized spacial score (nSPS) is 10.2. The van der Waals surface area contributed by atoms with Crippen LogP contribution >= 0.6 is 27.5 Å². The predicted molar refractivity (Wildman–Crippen MR) is 89.9 cm³/mol. The fraction of sp³-hybridized carbons (Fsp3) is 0.188. The molecule has 3 rings (SSSR count). The largest absolute Gasteiger partial charge is 0.312 e. The van der Waals surface area contributed by atoms with E-state index < -0.39 is 0 Å². The maximum absolute atomic E-state index is 5.93. The van der Waals surface area contributed by atoms with Crippen LogP contribution in [-0.4, -0.2) is 9.55 Å². The Balaban J connectivity index is 0.000000704. The molecule has 0 unspecified atom stereocenters. The lowest BCUT2D eigenvalue weighted by Gasteiger charge is -2.08. The van der Waals surface area contributed by atoms with Crippen LogP contribution in [-0.2, 0) is 0 Å². The molecule has 1 aromatic carbocycles. The molecule has 4 heteroatoms. The van der Waals surface area contributed by atoms with Gasteiger partial charge in [0.2, 0.25) is 0 Å². The number of pyridine rings is 1. The van der Waals surface area contributed by atoms with Gasteiger partial charge in [-0.05, 0) is 59.3 Å². The smallest absolute Gasteiger partial charge is 0.0888 e. The zero-order chi connectivity index (χ0) is 14.7. The molecular weight excluding hydrogens is 336 g/mol. The molecule has 0 bridgehead atoms. The first-order valence-corrected chi connectivity index (χ1v) is 7.72. The molecule has 0 fully saturated rings. The number of hydrogen-bond acceptors (Lipinski definition) is 1. The summed E-state index contributed by atoms with van der Waals surface area (Å²) in [5.41, 5.74) is 4.32. The van der Waals surface area contributed by atoms with Crippen molar-refractivity contribution in [2.75, 3.05) is 0 Å². The fourth-order valence-electron chi connectivity index (χ4n) is 2.11. The van der Waals surface area contributed by atoms with E-state index in [1.54, 1.807) is 0 Å². The van der Waals surface area contributed by atoms with Crippen LogP contribution in [0.1, 0.15) is 19.5 Å². The third kappa shape index (κ3) is 2.89. The summed E-state index contributed by atoms with van der Waals surface area (Å²) >= 11 is 9.39. The van der Waals surface area contributed by atoms with Gasteiger partial charge in [0.15, 0.2) is 0 Å². The fourth-order valence-corrected chi connectivity index (χ4v) is 2.56. The average molecular weight is 352 g/mol. The molecular formula is C16H16BrClN2. The molecule has 0 aliphatic heterocycles. The van der Waals surface area contributed by atoms with Crippen molar-refractivity contribution in [3.8, 4) is 5.69 Å². The van der Waals surface area contributed by atoms with Crippen LogP contribution in [0.15, 0.2) is 47.1 Å². The van der Waals surface area contributed by atoms with Crippen molar-refractivity contribution >= 4 is 38.6 Å². The van der Waals surface area contributed by atoms with Gasteiger partial charge >= 0.3 is 0 Å². The summed E-state index contributed by atoms with van der Waals surface area (Å²) in [6.07, 6.45) is 1.81. The van der Waals surface area contributed by atoms with E-state index in [1.165, 1.54) is 0 Å². The highest BCUT2D eigenvalue weighted by Gasteiger charge is 2.08. The van der Waals surface area contributed by atoms with E-state index in [2.05, 4.69) is 44.5 Å². The summed E-state index contributed by atoms with van der Waals surface area (Å²) in [4.78, 5) is 4.41. The lowest BCUT2D eigenvalue weighted by atomic mass is 10.3. The lowest BCUT2D eigenvalue weighted by Crippen LogP contribution is -1.95. The second kappa shape index (κ2) is 6.42. The molecule has 104 valence electrons. The molecule has 3 aromatic rings. The van der Waals surface area contributed by atoms with Crippen molar-refractivity contribution in [2.24, 2.45) is 0 Å². The first-order valence-electron chi connectivity index (χ1n) is 6.55. The molecule has 0 saturated carbocycles. The maximum Gasteiger partial charge on any atom is 0.0888 e. The molecule has 0 aliphatic carbocycles. The van der Waals surface area contributed by atoms with Gasteiger partial charge in [-0.25, -0.2) is 0 Å². The number of halogens is 2. The Hall–Kier alpha value is -1.32. The first-order chi connectivity index (χ1) is 9.65. The highest BCUT2D eigenvalue weighted by atomic mass is 79.9. The number of nitrogens with zero attached hydrogens (tertiary/aromatic N) is 2. The van der Waals surface area contributed by atoms with Gasteiger partial charge in [0.05, 0.1) is 11.0 Å². The Morgan fingerprint density at radius 1 is 1.10 bits per heavy atom. The highest BCUT2D eigenvalue weighted by molar-refractivity contribution is 9.10. The summed E-state index contributed by atoms with van der Waals surface area (Å²) in [6.45, 7) is 6.07. The van der Waals surface area contributed by atoms with Crippen LogP contribution in [0.4, 0.5) is 0 Å². The summed E-state index contributed by atoms with van der Waals surface area (Å²) in [7, 11) is 0. The number of benzene rings is 1. The second-order valence-corrected chi connectivity index (χ2v) is 5.51. The Morgan fingerprint density at radius 3 is 2.40 bits per heavy atom. The maximum atomic E-state index is 5.93. The molecule has 2 aromatic heterocycles. The van der Waals surface area contributed by atoms with Crippen molar-refractivity contribution in [3.63, 3.8) is 0 Å². The minimum absolute atomic E-state index is 0.743. The highest BCUT2D eigenvalue weighted by Crippen LogP contribution is 2.25. The van der Waals surface area contributed by atoms with Crippen LogP contribution in [0.25, 0.3) is 16.7 Å². The van der Waals surface area contributed by atoms with Gasteiger partial charge in [0.1, 0.15) is 0 Å². The number of rotatable bonds is 1. The Bertz CT molecular complexity index is 717. The average Bonchev–Trinajstić information content (AvgIpc) is 2.78. The molecule has 0 atom stereocenters. The van der Waals surface area contributed by atoms with Crippen molar-refractivity contribution in [1.29, 1.82) is 0 Å². The lowest BCUT2D eigenvalue weighted by molar-refractivity contribution is 1.05. The van der Waals surface area contributed by atoms with Crippen LogP contribution in [0.3, 0.4) is 0 Å². The quantitative estimate of drug-likeness (QED) is 0.543. The molecule has 0 N–H and O–H groups in total. The molecule has 0 saturated heterocycles. The van der Waals surface area contributed by atoms with Crippen molar-refractivity contribution in [1.82, 2.24) is 9.55 Å². The summed E-state index contributed by atoms with van der Waals surface area (Å²) in [6, 6.07) is 12.0. The zero-order valence-corrected chi connectivity index (χ0v) is 14.0. The third-order valence-corrected chi connectivity index (χ3v) is 3.57. The molecule has 0 radical (unpaired) electrons. The van der Waals surface area contributed by atoms with Crippen molar-refractivity contribution in [2.45, 2.75) is 20.8 Å². The third-order valence-electron chi connectivity index (χ3n) is 2.89. The first kappa shape index (κ1) is 15.1. The molecule has 0 spiro atoms. The van der Waals surface area contributed by atoms with Crippen LogP contribution in [0, 0.1) is 6.92 Å². The summed E-state index contributed by atoms with van der Waals surface area (Å²) in [5.74, 6) is 0. The molecule has 2 nitrogen and oxygen atoms in total. The molecule has 20 heavy (non-hydrogen) atoms. The SMILES string of the molecule is CC.Cc1cc2ncc(Br)cc2n1-c1ccc(Cl)cc1. The topological polar surface area (TPSA) is 17.8 Å². The Morgan fingerprint density at radius 2 is 1.75 bits per heavy atom. The Kier molecular flexibility index (Phi) is 4.84. The minimum atomic E-state index is 0.743.